The first-order valence-electron chi connectivity index (χ1n) is 11.5. The monoisotopic (exact) mass is 424 g/mol. The molecule has 0 N–H and O–H groups in total. The molecule has 0 heterocycles. The van der Waals surface area contributed by atoms with Crippen LogP contribution >= 0.6 is 0 Å². The molecule has 1 nitrogen and oxygen atoms in total. The Labute approximate surface area is 176 Å². The Morgan fingerprint density at radius 2 is 1.67 bits per heavy atom. The van der Waals surface area contributed by atoms with Crippen LogP contribution in [0, 0.1) is 35.4 Å². The minimum atomic E-state index is -4.87. The van der Waals surface area contributed by atoms with E-state index in [1.165, 1.54) is 44.6 Å². The Balaban J connectivity index is 1.37. The van der Waals surface area contributed by atoms with Crippen molar-refractivity contribution < 1.29 is 22.3 Å². The van der Waals surface area contributed by atoms with Gasteiger partial charge in [0.25, 0.3) is 0 Å². The standard InChI is InChI=1S/C25H32F4O/c1-2-3-4-16-5-10-21-19(13-16)6-7-20-14-17(8-11-22(20)21)18-9-12-24(23(26)15-18)30-25(27,28)29/h2,9,12,15-17,19-22H,1,3-8,10-11,13-14H2. The van der Waals surface area contributed by atoms with E-state index in [-0.39, 0.29) is 5.92 Å². The third-order valence-corrected chi connectivity index (χ3v) is 8.08. The summed E-state index contributed by atoms with van der Waals surface area (Å²) in [7, 11) is 0. The molecule has 3 saturated carbocycles. The van der Waals surface area contributed by atoms with Crippen molar-refractivity contribution in [3.8, 4) is 5.75 Å². The number of benzene rings is 1. The number of halogens is 4. The summed E-state index contributed by atoms with van der Waals surface area (Å²) in [6, 6.07) is 4.00. The molecule has 3 fully saturated rings. The molecule has 0 bridgehead atoms. The van der Waals surface area contributed by atoms with Crippen LogP contribution < -0.4 is 4.74 Å². The van der Waals surface area contributed by atoms with Crippen molar-refractivity contribution in [2.75, 3.05) is 0 Å². The Morgan fingerprint density at radius 1 is 0.967 bits per heavy atom. The third-order valence-electron chi connectivity index (χ3n) is 8.08. The van der Waals surface area contributed by atoms with E-state index in [1.807, 2.05) is 6.08 Å². The van der Waals surface area contributed by atoms with Crippen LogP contribution in [0.4, 0.5) is 17.6 Å². The molecular formula is C25H32F4O. The van der Waals surface area contributed by atoms with Crippen molar-refractivity contribution in [2.24, 2.45) is 29.6 Å². The van der Waals surface area contributed by atoms with Crippen molar-refractivity contribution in [3.63, 3.8) is 0 Å². The highest BCUT2D eigenvalue weighted by atomic mass is 19.4. The number of alkyl halides is 3. The quantitative estimate of drug-likeness (QED) is 0.343. The number of ether oxygens (including phenoxy) is 1. The van der Waals surface area contributed by atoms with Crippen molar-refractivity contribution in [1.29, 1.82) is 0 Å². The van der Waals surface area contributed by atoms with Crippen molar-refractivity contribution in [1.82, 2.24) is 0 Å². The smallest absolute Gasteiger partial charge is 0.403 e. The first kappa shape index (κ1) is 21.7. The second-order valence-electron chi connectivity index (χ2n) is 9.72. The SMILES string of the molecule is C=CCCC1CCC2C(CCC3CC(c4ccc(OC(F)(F)F)c(F)c4)CCC32)C1. The first-order chi connectivity index (χ1) is 14.3. The van der Waals surface area contributed by atoms with Crippen LogP contribution in [0.5, 0.6) is 5.75 Å². The second kappa shape index (κ2) is 8.92. The summed E-state index contributed by atoms with van der Waals surface area (Å²) in [5.74, 6) is 2.58. The van der Waals surface area contributed by atoms with Gasteiger partial charge in [-0.25, -0.2) is 4.39 Å². The minimum Gasteiger partial charge on any atom is -0.403 e. The van der Waals surface area contributed by atoms with Gasteiger partial charge in [-0.05, 0) is 111 Å². The highest BCUT2D eigenvalue weighted by Gasteiger charge is 2.44. The van der Waals surface area contributed by atoms with Gasteiger partial charge in [-0.3, -0.25) is 0 Å². The molecule has 0 radical (unpaired) electrons. The Hall–Kier alpha value is -1.52. The summed E-state index contributed by atoms with van der Waals surface area (Å²) in [6.07, 6.45) is 9.37. The molecule has 1 aromatic carbocycles. The van der Waals surface area contributed by atoms with Gasteiger partial charge in [0.2, 0.25) is 0 Å². The molecule has 5 heteroatoms. The zero-order chi connectivity index (χ0) is 21.3. The summed E-state index contributed by atoms with van der Waals surface area (Å²) in [6.45, 7) is 3.86. The van der Waals surface area contributed by atoms with E-state index in [1.54, 1.807) is 6.07 Å². The van der Waals surface area contributed by atoms with Crippen LogP contribution in [0.1, 0.15) is 75.7 Å². The molecule has 1 aromatic rings. The summed E-state index contributed by atoms with van der Waals surface area (Å²) in [5.41, 5.74) is 0.815. The van der Waals surface area contributed by atoms with Gasteiger partial charge in [-0.1, -0.05) is 18.6 Å². The number of rotatable bonds is 5. The number of hydrogen-bond acceptors (Lipinski definition) is 1. The average Bonchev–Trinajstić information content (AvgIpc) is 2.72. The van der Waals surface area contributed by atoms with Gasteiger partial charge in [-0.2, -0.15) is 0 Å². The molecule has 4 rings (SSSR count). The fraction of sp³-hybridized carbons (Fsp3) is 0.680. The molecule has 0 saturated heterocycles. The van der Waals surface area contributed by atoms with Crippen LogP contribution in [-0.4, -0.2) is 6.36 Å². The van der Waals surface area contributed by atoms with Crippen molar-refractivity contribution >= 4 is 0 Å². The largest absolute Gasteiger partial charge is 0.573 e. The predicted molar refractivity (Wildman–Crippen MR) is 110 cm³/mol. The van der Waals surface area contributed by atoms with Gasteiger partial charge in [-0.15, -0.1) is 19.8 Å². The minimum absolute atomic E-state index is 0.237. The maximum atomic E-state index is 14.2. The van der Waals surface area contributed by atoms with Crippen LogP contribution in [0.2, 0.25) is 0 Å². The van der Waals surface area contributed by atoms with Gasteiger partial charge in [0, 0.05) is 0 Å². The lowest BCUT2D eigenvalue weighted by atomic mass is 9.55. The molecule has 6 atom stereocenters. The lowest BCUT2D eigenvalue weighted by Gasteiger charge is -2.51. The highest BCUT2D eigenvalue weighted by molar-refractivity contribution is 5.32. The Bertz CT molecular complexity index is 743. The molecule has 3 aliphatic carbocycles. The third kappa shape index (κ3) is 4.86. The molecule has 0 amide bonds. The molecule has 0 spiro atoms. The predicted octanol–water partition coefficient (Wildman–Crippen LogP) is 8.02. The normalized spacial score (nSPS) is 34.0. The highest BCUT2D eigenvalue weighted by Crippen LogP contribution is 2.55. The fourth-order valence-electron chi connectivity index (χ4n) is 6.79. The maximum absolute atomic E-state index is 14.2. The Kier molecular flexibility index (Phi) is 6.45. The van der Waals surface area contributed by atoms with E-state index >= 15 is 0 Å². The lowest BCUT2D eigenvalue weighted by molar-refractivity contribution is -0.275. The summed E-state index contributed by atoms with van der Waals surface area (Å²) in [5, 5.41) is 0. The zero-order valence-corrected chi connectivity index (χ0v) is 17.5. The van der Waals surface area contributed by atoms with Gasteiger partial charge < -0.3 is 4.74 Å². The average molecular weight is 425 g/mol. The fourth-order valence-corrected chi connectivity index (χ4v) is 6.79. The van der Waals surface area contributed by atoms with E-state index in [4.69, 9.17) is 0 Å². The summed E-state index contributed by atoms with van der Waals surface area (Å²) >= 11 is 0. The summed E-state index contributed by atoms with van der Waals surface area (Å²) < 4.78 is 55.1. The van der Waals surface area contributed by atoms with Gasteiger partial charge in [0.05, 0.1) is 0 Å². The lowest BCUT2D eigenvalue weighted by Crippen LogP contribution is -2.41. The van der Waals surface area contributed by atoms with Gasteiger partial charge in [0.15, 0.2) is 11.6 Å². The number of allylic oxidation sites excluding steroid dienone is 1. The van der Waals surface area contributed by atoms with E-state index < -0.39 is 17.9 Å². The molecule has 0 aromatic heterocycles. The van der Waals surface area contributed by atoms with E-state index in [0.29, 0.717) is 5.92 Å². The van der Waals surface area contributed by atoms with E-state index in [9.17, 15) is 17.6 Å². The zero-order valence-electron chi connectivity index (χ0n) is 17.5. The second-order valence-corrected chi connectivity index (χ2v) is 9.72. The Morgan fingerprint density at radius 3 is 2.33 bits per heavy atom. The van der Waals surface area contributed by atoms with Crippen LogP contribution in [0.25, 0.3) is 0 Å². The molecule has 6 unspecified atom stereocenters. The van der Waals surface area contributed by atoms with Crippen molar-refractivity contribution in [2.45, 2.75) is 76.5 Å². The molecule has 30 heavy (non-hydrogen) atoms. The maximum Gasteiger partial charge on any atom is 0.573 e. The van der Waals surface area contributed by atoms with E-state index in [2.05, 4.69) is 11.3 Å². The van der Waals surface area contributed by atoms with Crippen LogP contribution in [-0.2, 0) is 0 Å². The first-order valence-corrected chi connectivity index (χ1v) is 11.5. The number of fused-ring (bicyclic) bond motifs is 3. The van der Waals surface area contributed by atoms with Gasteiger partial charge in [0.1, 0.15) is 0 Å². The van der Waals surface area contributed by atoms with E-state index in [0.717, 1.165) is 61.0 Å². The van der Waals surface area contributed by atoms with Crippen LogP contribution in [0.3, 0.4) is 0 Å². The number of hydrogen-bond donors (Lipinski definition) is 0. The molecule has 3 aliphatic rings. The van der Waals surface area contributed by atoms with Crippen molar-refractivity contribution in [3.05, 3.63) is 42.2 Å². The molecule has 166 valence electrons. The summed E-state index contributed by atoms with van der Waals surface area (Å²) in [4.78, 5) is 0. The van der Waals surface area contributed by atoms with Crippen LogP contribution in [0.15, 0.2) is 30.9 Å². The topological polar surface area (TPSA) is 9.23 Å². The molecule has 0 aliphatic heterocycles. The van der Waals surface area contributed by atoms with Gasteiger partial charge >= 0.3 is 6.36 Å². The molecular weight excluding hydrogens is 392 g/mol.